The van der Waals surface area contributed by atoms with E-state index in [0.717, 1.165) is 58.3 Å². The lowest BCUT2D eigenvalue weighted by Gasteiger charge is -2.36. The van der Waals surface area contributed by atoms with Crippen molar-refractivity contribution in [2.75, 3.05) is 39.9 Å². The average molecular weight is 376 g/mol. The van der Waals surface area contributed by atoms with E-state index in [1.165, 1.54) is 0 Å². The van der Waals surface area contributed by atoms with Gasteiger partial charge in [0.1, 0.15) is 17.6 Å². The van der Waals surface area contributed by atoms with Crippen molar-refractivity contribution in [3.8, 4) is 11.5 Å². The predicted molar refractivity (Wildman–Crippen MR) is 105 cm³/mol. The van der Waals surface area contributed by atoms with E-state index in [4.69, 9.17) is 14.6 Å². The fourth-order valence-corrected chi connectivity index (χ4v) is 3.98. The quantitative estimate of drug-likeness (QED) is 0.792. The van der Waals surface area contributed by atoms with Gasteiger partial charge in [0.15, 0.2) is 0 Å². The van der Waals surface area contributed by atoms with Gasteiger partial charge in [-0.1, -0.05) is 0 Å². The van der Waals surface area contributed by atoms with Crippen LogP contribution in [0.5, 0.6) is 11.5 Å². The molecule has 3 rings (SSSR count). The Labute approximate surface area is 162 Å². The molecule has 0 aromatic heterocycles. The lowest BCUT2D eigenvalue weighted by atomic mass is 10.0. The third kappa shape index (κ3) is 4.93. The van der Waals surface area contributed by atoms with Gasteiger partial charge in [-0.15, -0.1) is 0 Å². The fraction of sp³-hybridized carbons (Fsp3) is 0.667. The van der Waals surface area contributed by atoms with Gasteiger partial charge >= 0.3 is 0 Å². The molecule has 6 nitrogen and oxygen atoms in total. The molecule has 150 valence electrons. The first-order valence-electron chi connectivity index (χ1n) is 10.1. The Morgan fingerprint density at radius 3 is 2.56 bits per heavy atom. The summed E-state index contributed by atoms with van der Waals surface area (Å²) in [5.74, 6) is 1.39. The number of ether oxygens (including phenoxy) is 2. The molecule has 2 fully saturated rings. The Balaban J connectivity index is 1.67. The molecule has 0 unspecified atom stereocenters. The molecule has 1 N–H and O–H groups in total. The highest BCUT2D eigenvalue weighted by Crippen LogP contribution is 2.30. The monoisotopic (exact) mass is 376 g/mol. The van der Waals surface area contributed by atoms with Gasteiger partial charge in [0.05, 0.1) is 12.7 Å². The first-order chi connectivity index (χ1) is 13.1. The first-order valence-corrected chi connectivity index (χ1v) is 10.1. The molecule has 2 saturated heterocycles. The third-order valence-corrected chi connectivity index (χ3v) is 5.75. The second-order valence-corrected chi connectivity index (χ2v) is 7.58. The van der Waals surface area contributed by atoms with Crippen LogP contribution in [0.25, 0.3) is 0 Å². The van der Waals surface area contributed by atoms with Crippen molar-refractivity contribution in [2.24, 2.45) is 0 Å². The number of nitrogens with zero attached hydrogens (tertiary/aromatic N) is 2. The number of methoxy groups -OCH3 is 1. The Morgan fingerprint density at radius 2 is 1.93 bits per heavy atom. The van der Waals surface area contributed by atoms with Gasteiger partial charge in [0.2, 0.25) is 0 Å². The molecule has 0 aliphatic carbocycles. The van der Waals surface area contributed by atoms with Gasteiger partial charge in [-0.3, -0.25) is 4.79 Å². The summed E-state index contributed by atoms with van der Waals surface area (Å²) in [5.41, 5.74) is 0.633. The number of amides is 1. The van der Waals surface area contributed by atoms with Crippen molar-refractivity contribution in [1.82, 2.24) is 9.80 Å². The van der Waals surface area contributed by atoms with Crippen molar-refractivity contribution >= 4 is 5.91 Å². The topological polar surface area (TPSA) is 62.2 Å². The van der Waals surface area contributed by atoms with Crippen molar-refractivity contribution in [2.45, 2.75) is 51.2 Å². The highest BCUT2D eigenvalue weighted by atomic mass is 16.5. The number of likely N-dealkylation sites (tertiary alicyclic amines) is 2. The number of carbonyl (C=O) groups is 1. The molecular weight excluding hydrogens is 344 g/mol. The maximum Gasteiger partial charge on any atom is 0.257 e. The van der Waals surface area contributed by atoms with Crippen LogP contribution in [0, 0.1) is 0 Å². The summed E-state index contributed by atoms with van der Waals surface area (Å²) in [4.78, 5) is 17.2. The van der Waals surface area contributed by atoms with Crippen molar-refractivity contribution < 1.29 is 19.4 Å². The summed E-state index contributed by atoms with van der Waals surface area (Å²) >= 11 is 0. The highest BCUT2D eigenvalue weighted by Gasteiger charge is 2.27. The fourth-order valence-electron chi connectivity index (χ4n) is 3.98. The number of hydrogen-bond donors (Lipinski definition) is 1. The molecule has 2 heterocycles. The standard InChI is InChI=1S/C21H32N2O4/c1-16(9-14-24)22-12-7-17(8-13-22)27-20-15-18(26-2)5-6-19(20)21(25)23-10-3-4-11-23/h5-6,15-17,24H,3-4,7-14H2,1-2H3/t16-/m1/s1. The zero-order chi connectivity index (χ0) is 19.2. The number of aliphatic hydroxyl groups is 1. The van der Waals surface area contributed by atoms with Crippen molar-refractivity contribution in [3.63, 3.8) is 0 Å². The maximum absolute atomic E-state index is 12.9. The first kappa shape index (κ1) is 20.0. The van der Waals surface area contributed by atoms with E-state index in [-0.39, 0.29) is 18.6 Å². The van der Waals surface area contributed by atoms with Gasteiger partial charge in [0.25, 0.3) is 5.91 Å². The average Bonchev–Trinajstić information content (AvgIpc) is 3.23. The van der Waals surface area contributed by atoms with Crippen LogP contribution in [-0.4, -0.2) is 72.9 Å². The van der Waals surface area contributed by atoms with Crippen LogP contribution in [0.3, 0.4) is 0 Å². The predicted octanol–water partition coefficient (Wildman–Crippen LogP) is 2.55. The van der Waals surface area contributed by atoms with E-state index in [2.05, 4.69) is 11.8 Å². The Bertz CT molecular complexity index is 623. The normalized spacial score (nSPS) is 19.9. The number of rotatable bonds is 7. The molecule has 0 radical (unpaired) electrons. The Hall–Kier alpha value is -1.79. The summed E-state index contributed by atoms with van der Waals surface area (Å²) in [7, 11) is 1.63. The molecular formula is C21H32N2O4. The van der Waals surface area contributed by atoms with Crippen LogP contribution in [-0.2, 0) is 0 Å². The number of hydrogen-bond acceptors (Lipinski definition) is 5. The Kier molecular flexibility index (Phi) is 6.96. The lowest BCUT2D eigenvalue weighted by molar-refractivity contribution is 0.0682. The van der Waals surface area contributed by atoms with E-state index >= 15 is 0 Å². The van der Waals surface area contributed by atoms with Crippen molar-refractivity contribution in [3.05, 3.63) is 23.8 Å². The zero-order valence-corrected chi connectivity index (χ0v) is 16.5. The Morgan fingerprint density at radius 1 is 1.22 bits per heavy atom. The van der Waals surface area contributed by atoms with E-state index in [1.54, 1.807) is 7.11 Å². The minimum absolute atomic E-state index is 0.0548. The number of piperidine rings is 1. The molecule has 2 aliphatic heterocycles. The van der Waals surface area contributed by atoms with Crippen LogP contribution in [0.2, 0.25) is 0 Å². The van der Waals surface area contributed by atoms with E-state index in [9.17, 15) is 4.79 Å². The van der Waals surface area contributed by atoms with Crippen LogP contribution in [0.4, 0.5) is 0 Å². The number of carbonyl (C=O) groups excluding carboxylic acids is 1. The number of benzene rings is 1. The van der Waals surface area contributed by atoms with Gasteiger partial charge in [0, 0.05) is 44.9 Å². The minimum Gasteiger partial charge on any atom is -0.497 e. The molecule has 0 spiro atoms. The zero-order valence-electron chi connectivity index (χ0n) is 16.5. The smallest absolute Gasteiger partial charge is 0.257 e. The largest absolute Gasteiger partial charge is 0.497 e. The highest BCUT2D eigenvalue weighted by molar-refractivity contribution is 5.97. The maximum atomic E-state index is 12.9. The van der Waals surface area contributed by atoms with Crippen LogP contribution < -0.4 is 9.47 Å². The molecule has 27 heavy (non-hydrogen) atoms. The summed E-state index contributed by atoms with van der Waals surface area (Å²) in [6, 6.07) is 5.88. The third-order valence-electron chi connectivity index (χ3n) is 5.75. The van der Waals surface area contributed by atoms with Crippen LogP contribution >= 0.6 is 0 Å². The summed E-state index contributed by atoms with van der Waals surface area (Å²) < 4.78 is 11.6. The van der Waals surface area contributed by atoms with Gasteiger partial charge in [-0.2, -0.15) is 0 Å². The molecule has 0 saturated carbocycles. The lowest BCUT2D eigenvalue weighted by Crippen LogP contribution is -2.43. The van der Waals surface area contributed by atoms with Crippen LogP contribution in [0.15, 0.2) is 18.2 Å². The van der Waals surface area contributed by atoms with Gasteiger partial charge < -0.3 is 24.4 Å². The molecule has 1 aromatic carbocycles. The van der Waals surface area contributed by atoms with Gasteiger partial charge in [-0.05, 0) is 51.2 Å². The second kappa shape index (κ2) is 9.42. The molecule has 1 amide bonds. The van der Waals surface area contributed by atoms with Gasteiger partial charge in [-0.25, -0.2) is 0 Å². The van der Waals surface area contributed by atoms with Crippen molar-refractivity contribution in [1.29, 1.82) is 0 Å². The number of aliphatic hydroxyl groups excluding tert-OH is 1. The molecule has 0 bridgehead atoms. The van der Waals surface area contributed by atoms with E-state index in [0.29, 0.717) is 23.1 Å². The van der Waals surface area contributed by atoms with E-state index < -0.39 is 0 Å². The molecule has 1 atom stereocenters. The molecule has 6 heteroatoms. The summed E-state index contributed by atoms with van der Waals surface area (Å²) in [5, 5.41) is 9.14. The van der Waals surface area contributed by atoms with Crippen LogP contribution in [0.1, 0.15) is 49.4 Å². The summed E-state index contributed by atoms with van der Waals surface area (Å²) in [6.45, 7) is 5.93. The summed E-state index contributed by atoms with van der Waals surface area (Å²) in [6.07, 6.45) is 4.88. The second-order valence-electron chi connectivity index (χ2n) is 7.58. The van der Waals surface area contributed by atoms with E-state index in [1.807, 2.05) is 23.1 Å². The molecule has 2 aliphatic rings. The molecule has 1 aromatic rings. The minimum atomic E-state index is 0.0548. The SMILES string of the molecule is COc1ccc(C(=O)N2CCCC2)c(OC2CCN([C@H](C)CCO)CC2)c1.